The highest BCUT2D eigenvalue weighted by molar-refractivity contribution is 7.89. The van der Waals surface area contributed by atoms with Crippen LogP contribution in [-0.4, -0.2) is 44.9 Å². The van der Waals surface area contributed by atoms with Crippen LogP contribution in [0.15, 0.2) is 53.6 Å². The van der Waals surface area contributed by atoms with Gasteiger partial charge in [0.25, 0.3) is 0 Å². The second kappa shape index (κ2) is 8.43. The molecular weight excluding hydrogens is 441 g/mol. The molecule has 2 aromatic carbocycles. The van der Waals surface area contributed by atoms with Crippen LogP contribution in [-0.2, 0) is 10.0 Å². The monoisotopic (exact) mass is 457 g/mol. The molecule has 3 aromatic rings. The lowest BCUT2D eigenvalue weighted by Gasteiger charge is -2.24. The summed E-state index contributed by atoms with van der Waals surface area (Å²) in [6.45, 7) is 0.748. The lowest BCUT2D eigenvalue weighted by Crippen LogP contribution is -2.35. The van der Waals surface area contributed by atoms with Gasteiger partial charge in [-0.3, -0.25) is 4.98 Å². The zero-order valence-electron chi connectivity index (χ0n) is 15.2. The van der Waals surface area contributed by atoms with Crippen molar-refractivity contribution in [2.75, 3.05) is 32.1 Å². The van der Waals surface area contributed by atoms with Gasteiger partial charge in [0.05, 0.1) is 10.5 Å². The summed E-state index contributed by atoms with van der Waals surface area (Å²) in [5.41, 5.74) is 1.72. The molecule has 5 nitrogen and oxygen atoms in total. The van der Waals surface area contributed by atoms with E-state index in [-0.39, 0.29) is 16.5 Å². The summed E-state index contributed by atoms with van der Waals surface area (Å²) < 4.78 is 26.9. The lowest BCUT2D eigenvalue weighted by molar-refractivity contribution is 0.474. The van der Waals surface area contributed by atoms with Crippen LogP contribution in [0.4, 0.5) is 5.69 Å². The van der Waals surface area contributed by atoms with Crippen molar-refractivity contribution < 1.29 is 8.42 Å². The van der Waals surface area contributed by atoms with Crippen LogP contribution >= 0.6 is 34.8 Å². The second-order valence-electron chi connectivity index (χ2n) is 6.31. The fraction of sp³-hybridized carbons (Fsp3) is 0.211. The van der Waals surface area contributed by atoms with Crippen LogP contribution in [0.1, 0.15) is 0 Å². The predicted octanol–water partition coefficient (Wildman–Crippen LogP) is 4.95. The zero-order valence-corrected chi connectivity index (χ0v) is 18.3. The quantitative estimate of drug-likeness (QED) is 0.524. The van der Waals surface area contributed by atoms with Gasteiger partial charge in [0, 0.05) is 54.5 Å². The number of fused-ring (bicyclic) bond motifs is 1. The molecule has 0 fully saturated rings. The minimum absolute atomic E-state index is 0.0349. The van der Waals surface area contributed by atoms with Gasteiger partial charge >= 0.3 is 0 Å². The molecule has 0 saturated carbocycles. The van der Waals surface area contributed by atoms with Gasteiger partial charge in [-0.1, -0.05) is 34.8 Å². The van der Waals surface area contributed by atoms with Crippen LogP contribution in [0.25, 0.3) is 10.9 Å². The molecule has 0 amide bonds. The molecule has 0 aliphatic heterocycles. The number of likely N-dealkylation sites (N-methyl/N-ethyl adjacent to an activating group) is 2. The molecule has 0 saturated heterocycles. The molecule has 28 heavy (non-hydrogen) atoms. The highest BCUT2D eigenvalue weighted by atomic mass is 35.5. The Morgan fingerprint density at radius 2 is 1.61 bits per heavy atom. The Labute approximate surface area is 179 Å². The van der Waals surface area contributed by atoms with Gasteiger partial charge < -0.3 is 4.90 Å². The van der Waals surface area contributed by atoms with Gasteiger partial charge in [-0.15, -0.1) is 0 Å². The minimum atomic E-state index is -3.73. The van der Waals surface area contributed by atoms with Crippen LogP contribution in [0.5, 0.6) is 0 Å². The summed E-state index contributed by atoms with van der Waals surface area (Å²) >= 11 is 18.0. The third-order valence-electron chi connectivity index (χ3n) is 4.43. The Morgan fingerprint density at radius 3 is 2.32 bits per heavy atom. The first kappa shape index (κ1) is 21.1. The molecule has 0 radical (unpaired) electrons. The maximum atomic E-state index is 12.8. The van der Waals surface area contributed by atoms with Gasteiger partial charge in [-0.25, -0.2) is 8.42 Å². The van der Waals surface area contributed by atoms with Crippen molar-refractivity contribution in [3.8, 4) is 0 Å². The molecule has 0 atom stereocenters. The van der Waals surface area contributed by atoms with Gasteiger partial charge in [0.15, 0.2) is 0 Å². The maximum absolute atomic E-state index is 12.8. The van der Waals surface area contributed by atoms with Crippen molar-refractivity contribution >= 4 is 61.4 Å². The zero-order chi connectivity index (χ0) is 20.5. The third-order valence-corrected chi connectivity index (χ3v) is 7.24. The summed E-state index contributed by atoms with van der Waals surface area (Å²) in [6.07, 6.45) is 1.71. The molecule has 1 heterocycles. The molecule has 0 spiro atoms. The molecule has 9 heteroatoms. The molecule has 1 aromatic heterocycles. The van der Waals surface area contributed by atoms with E-state index in [4.69, 9.17) is 34.8 Å². The van der Waals surface area contributed by atoms with Gasteiger partial charge in [-0.05, 0) is 42.5 Å². The summed E-state index contributed by atoms with van der Waals surface area (Å²) in [5.74, 6) is 0. The third kappa shape index (κ3) is 4.36. The van der Waals surface area contributed by atoms with Gasteiger partial charge in [0.2, 0.25) is 10.0 Å². The van der Waals surface area contributed by atoms with E-state index in [0.717, 1.165) is 16.6 Å². The topological polar surface area (TPSA) is 53.5 Å². The Balaban J connectivity index is 1.78. The van der Waals surface area contributed by atoms with Crippen LogP contribution in [0.2, 0.25) is 15.1 Å². The summed E-state index contributed by atoms with van der Waals surface area (Å²) in [7, 11) is -0.298. The van der Waals surface area contributed by atoms with E-state index in [2.05, 4.69) is 4.98 Å². The lowest BCUT2D eigenvalue weighted by atomic mass is 10.2. The number of sulfonamides is 1. The van der Waals surface area contributed by atoms with Crippen LogP contribution in [0, 0.1) is 0 Å². The van der Waals surface area contributed by atoms with Crippen molar-refractivity contribution in [3.05, 3.63) is 63.7 Å². The number of rotatable bonds is 6. The number of halogens is 3. The summed E-state index contributed by atoms with van der Waals surface area (Å²) in [5, 5.41) is 2.05. The smallest absolute Gasteiger partial charge is 0.244 e. The number of hydrogen-bond donors (Lipinski definition) is 0. The van der Waals surface area contributed by atoms with Crippen molar-refractivity contribution in [3.63, 3.8) is 0 Å². The Bertz CT molecular complexity index is 1120. The number of hydrogen-bond acceptors (Lipinski definition) is 4. The highest BCUT2D eigenvalue weighted by Gasteiger charge is 2.24. The normalized spacial score (nSPS) is 11.9. The first-order chi connectivity index (χ1) is 13.2. The van der Waals surface area contributed by atoms with Crippen LogP contribution in [0.3, 0.4) is 0 Å². The van der Waals surface area contributed by atoms with E-state index in [9.17, 15) is 8.42 Å². The average Bonchev–Trinajstić information content (AvgIpc) is 2.64. The predicted molar refractivity (Wildman–Crippen MR) is 116 cm³/mol. The van der Waals surface area contributed by atoms with Crippen LogP contribution < -0.4 is 4.90 Å². The molecular formula is C19H18Cl3N3O2S. The molecule has 3 rings (SSSR count). The first-order valence-electron chi connectivity index (χ1n) is 8.37. The molecule has 0 aliphatic rings. The number of aromatic nitrogens is 1. The molecule has 148 valence electrons. The Hall–Kier alpha value is -1.57. The van der Waals surface area contributed by atoms with Crippen molar-refractivity contribution in [2.24, 2.45) is 0 Å². The van der Waals surface area contributed by atoms with E-state index >= 15 is 0 Å². The number of anilines is 1. The number of pyridine rings is 1. The molecule has 0 aliphatic carbocycles. The van der Waals surface area contributed by atoms with E-state index in [1.807, 2.05) is 30.1 Å². The van der Waals surface area contributed by atoms with E-state index in [1.165, 1.54) is 29.6 Å². The summed E-state index contributed by atoms with van der Waals surface area (Å²) in [4.78, 5) is 6.35. The molecule has 0 unspecified atom stereocenters. The van der Waals surface area contributed by atoms with Gasteiger partial charge in [0.1, 0.15) is 4.90 Å². The molecule has 0 N–H and O–H groups in total. The fourth-order valence-corrected chi connectivity index (χ4v) is 4.89. The van der Waals surface area contributed by atoms with Crippen molar-refractivity contribution in [2.45, 2.75) is 4.90 Å². The maximum Gasteiger partial charge on any atom is 0.244 e. The number of nitrogens with zero attached hydrogens (tertiary/aromatic N) is 3. The Morgan fingerprint density at radius 1 is 0.929 bits per heavy atom. The standard InChI is InChI=1S/C19H18Cl3N3O2S/c1-24(18-7-8-23-17-12-14(21)3-5-15(17)18)9-10-25(2)28(26,27)19-6-4-13(20)11-16(19)22/h3-8,11-12H,9-10H2,1-2H3. The average molecular weight is 459 g/mol. The highest BCUT2D eigenvalue weighted by Crippen LogP contribution is 2.28. The van der Waals surface area contributed by atoms with E-state index < -0.39 is 10.0 Å². The van der Waals surface area contributed by atoms with Crippen molar-refractivity contribution in [1.29, 1.82) is 0 Å². The van der Waals surface area contributed by atoms with E-state index in [0.29, 0.717) is 16.6 Å². The second-order valence-corrected chi connectivity index (χ2v) is 9.61. The SMILES string of the molecule is CN(CCN(C)S(=O)(=O)c1ccc(Cl)cc1Cl)c1ccnc2cc(Cl)ccc12. The van der Waals surface area contributed by atoms with E-state index in [1.54, 1.807) is 12.3 Å². The van der Waals surface area contributed by atoms with Crippen molar-refractivity contribution in [1.82, 2.24) is 9.29 Å². The molecule has 0 bridgehead atoms. The minimum Gasteiger partial charge on any atom is -0.373 e. The summed E-state index contributed by atoms with van der Waals surface area (Å²) in [6, 6.07) is 11.7. The van der Waals surface area contributed by atoms with Gasteiger partial charge in [-0.2, -0.15) is 4.31 Å². The number of benzene rings is 2. The largest absolute Gasteiger partial charge is 0.373 e. The first-order valence-corrected chi connectivity index (χ1v) is 10.9. The fourth-order valence-electron chi connectivity index (χ4n) is 2.82. The Kier molecular flexibility index (Phi) is 6.37.